The van der Waals surface area contributed by atoms with E-state index in [-0.39, 0.29) is 19.1 Å². The predicted octanol–water partition coefficient (Wildman–Crippen LogP) is 3.74. The topological polar surface area (TPSA) is 65.6 Å². The van der Waals surface area contributed by atoms with Gasteiger partial charge in [0, 0.05) is 57.0 Å². The lowest BCUT2D eigenvalue weighted by Crippen LogP contribution is -2.32. The van der Waals surface area contributed by atoms with E-state index in [1.165, 1.54) is 0 Å². The van der Waals surface area contributed by atoms with Gasteiger partial charge in [-0.3, -0.25) is 4.79 Å². The van der Waals surface area contributed by atoms with Crippen molar-refractivity contribution in [1.82, 2.24) is 14.1 Å². The third kappa shape index (κ3) is 7.70. The summed E-state index contributed by atoms with van der Waals surface area (Å²) in [4.78, 5) is 19.6. The van der Waals surface area contributed by atoms with Gasteiger partial charge in [-0.1, -0.05) is 17.7 Å². The van der Waals surface area contributed by atoms with Crippen LogP contribution in [0.15, 0.2) is 35.2 Å². The molecule has 2 unspecified atom stereocenters. The summed E-state index contributed by atoms with van der Waals surface area (Å²) in [6.45, 7) is 6.91. The SMILES string of the molecule is COc1cc(C)c(S(=O)N(C)CCOCC(=O)N(C)Cc2ccc(N3CCC(N(C)C)C3)cc2Cl)c(C)c1. The number of hydrogen-bond acceptors (Lipinski definition) is 6. The second-order valence-corrected chi connectivity index (χ2v) is 12.1. The Kier molecular flexibility index (Phi) is 11.0. The van der Waals surface area contributed by atoms with Crippen molar-refractivity contribution in [2.75, 3.05) is 73.0 Å². The smallest absolute Gasteiger partial charge is 0.248 e. The van der Waals surface area contributed by atoms with Gasteiger partial charge in [0.15, 0.2) is 0 Å². The van der Waals surface area contributed by atoms with Gasteiger partial charge in [0.25, 0.3) is 0 Å². The van der Waals surface area contributed by atoms with Gasteiger partial charge >= 0.3 is 0 Å². The fraction of sp³-hybridized carbons (Fsp3) is 0.536. The number of anilines is 1. The molecule has 0 radical (unpaired) electrons. The molecule has 1 amide bonds. The van der Waals surface area contributed by atoms with E-state index in [0.29, 0.717) is 24.2 Å². The molecule has 0 N–H and O–H groups in total. The molecule has 8 nitrogen and oxygen atoms in total. The van der Waals surface area contributed by atoms with Crippen molar-refractivity contribution in [2.24, 2.45) is 0 Å². The van der Waals surface area contributed by atoms with Crippen molar-refractivity contribution in [2.45, 2.75) is 37.8 Å². The summed E-state index contributed by atoms with van der Waals surface area (Å²) in [6.07, 6.45) is 1.13. The summed E-state index contributed by atoms with van der Waals surface area (Å²) in [7, 11) is 8.04. The van der Waals surface area contributed by atoms with E-state index in [9.17, 15) is 9.00 Å². The van der Waals surface area contributed by atoms with Crippen molar-refractivity contribution >= 4 is 34.2 Å². The molecule has 1 aliphatic heterocycles. The molecule has 2 aromatic carbocycles. The standard InChI is InChI=1S/C28H41ClN4O4S/c1-20-14-25(36-7)15-21(2)28(20)38(35)32(6)12-13-37-19-27(34)31(5)17-22-8-9-23(16-26(22)29)33-11-10-24(18-33)30(3)4/h8-9,14-16,24H,10-13,17-19H2,1-7H3. The summed E-state index contributed by atoms with van der Waals surface area (Å²) < 4.78 is 25.7. The summed E-state index contributed by atoms with van der Waals surface area (Å²) in [5.41, 5.74) is 3.83. The van der Waals surface area contributed by atoms with Crippen LogP contribution < -0.4 is 9.64 Å². The number of amides is 1. The lowest BCUT2D eigenvalue weighted by molar-refractivity contribution is -0.135. The number of likely N-dealkylation sites (N-methyl/N-ethyl adjacent to an activating group) is 3. The molecule has 0 spiro atoms. The van der Waals surface area contributed by atoms with E-state index in [0.717, 1.165) is 52.5 Å². The Morgan fingerprint density at radius 3 is 2.39 bits per heavy atom. The number of benzene rings is 2. The Bertz CT molecular complexity index is 1120. The van der Waals surface area contributed by atoms with Gasteiger partial charge < -0.3 is 24.2 Å². The highest BCUT2D eigenvalue weighted by atomic mass is 35.5. The second kappa shape index (κ2) is 13.8. The third-order valence-electron chi connectivity index (χ3n) is 7.03. The quantitative estimate of drug-likeness (QED) is 0.366. The molecule has 1 heterocycles. The van der Waals surface area contributed by atoms with Crippen LogP contribution in [0.3, 0.4) is 0 Å². The molecule has 38 heavy (non-hydrogen) atoms. The number of halogens is 1. The lowest BCUT2D eigenvalue weighted by Gasteiger charge is -2.23. The normalized spacial score (nSPS) is 16.4. The largest absolute Gasteiger partial charge is 0.497 e. The van der Waals surface area contributed by atoms with Crippen LogP contribution in [0, 0.1) is 13.8 Å². The monoisotopic (exact) mass is 564 g/mol. The molecule has 3 rings (SSSR count). The van der Waals surface area contributed by atoms with Crippen LogP contribution in [0.4, 0.5) is 5.69 Å². The van der Waals surface area contributed by atoms with Crippen LogP contribution in [0.25, 0.3) is 0 Å². The Hall–Kier alpha value is -2.17. The maximum Gasteiger partial charge on any atom is 0.248 e. The van der Waals surface area contributed by atoms with E-state index < -0.39 is 11.0 Å². The Labute approximate surface area is 235 Å². The molecule has 2 atom stereocenters. The second-order valence-electron chi connectivity index (χ2n) is 10.1. The number of ether oxygens (including phenoxy) is 2. The lowest BCUT2D eigenvalue weighted by atomic mass is 10.1. The summed E-state index contributed by atoms with van der Waals surface area (Å²) in [5.74, 6) is 0.612. The van der Waals surface area contributed by atoms with E-state index in [4.69, 9.17) is 21.1 Å². The summed E-state index contributed by atoms with van der Waals surface area (Å²) in [6, 6.07) is 10.4. The van der Waals surface area contributed by atoms with Gasteiger partial charge in [-0.25, -0.2) is 8.51 Å². The van der Waals surface area contributed by atoms with Crippen LogP contribution in [0.5, 0.6) is 5.75 Å². The summed E-state index contributed by atoms with van der Waals surface area (Å²) >= 11 is 6.59. The maximum atomic E-state index is 13.1. The number of carbonyl (C=O) groups is 1. The van der Waals surface area contributed by atoms with Gasteiger partial charge in [-0.05, 0) is 75.3 Å². The number of rotatable bonds is 12. The maximum absolute atomic E-state index is 13.1. The molecule has 210 valence electrons. The fourth-order valence-corrected chi connectivity index (χ4v) is 6.06. The first-order valence-electron chi connectivity index (χ1n) is 12.8. The number of nitrogens with zero attached hydrogens (tertiary/aromatic N) is 4. The van der Waals surface area contributed by atoms with Gasteiger partial charge in [0.05, 0.1) is 18.6 Å². The first-order chi connectivity index (χ1) is 18.0. The summed E-state index contributed by atoms with van der Waals surface area (Å²) in [5, 5.41) is 0.657. The van der Waals surface area contributed by atoms with Crippen molar-refractivity contribution < 1.29 is 18.5 Å². The molecule has 0 aliphatic carbocycles. The minimum atomic E-state index is -1.34. The Morgan fingerprint density at radius 1 is 1.13 bits per heavy atom. The highest BCUT2D eigenvalue weighted by Crippen LogP contribution is 2.28. The highest BCUT2D eigenvalue weighted by molar-refractivity contribution is 7.82. The van der Waals surface area contributed by atoms with Gasteiger partial charge in [0.2, 0.25) is 5.91 Å². The van der Waals surface area contributed by atoms with Crippen molar-refractivity contribution in [1.29, 1.82) is 0 Å². The van der Waals surface area contributed by atoms with Gasteiger partial charge in [0.1, 0.15) is 23.3 Å². The van der Waals surface area contributed by atoms with E-state index in [1.54, 1.807) is 30.4 Å². The minimum absolute atomic E-state index is 0.0486. The zero-order valence-corrected chi connectivity index (χ0v) is 25.2. The van der Waals surface area contributed by atoms with E-state index >= 15 is 0 Å². The van der Waals surface area contributed by atoms with Gasteiger partial charge in [-0.15, -0.1) is 0 Å². The molecule has 0 bridgehead atoms. The van der Waals surface area contributed by atoms with Crippen LogP contribution in [-0.4, -0.2) is 98.4 Å². The van der Waals surface area contributed by atoms with Gasteiger partial charge in [-0.2, -0.15) is 0 Å². The zero-order chi connectivity index (χ0) is 28.0. The molecular formula is C28H41ClN4O4S. The highest BCUT2D eigenvalue weighted by Gasteiger charge is 2.24. The first-order valence-corrected chi connectivity index (χ1v) is 14.3. The fourth-order valence-electron chi connectivity index (χ4n) is 4.61. The number of methoxy groups -OCH3 is 1. The number of aryl methyl sites for hydroxylation is 2. The number of hydrogen-bond donors (Lipinski definition) is 0. The molecular weight excluding hydrogens is 524 g/mol. The predicted molar refractivity (Wildman–Crippen MR) is 155 cm³/mol. The average molecular weight is 565 g/mol. The van der Waals surface area contributed by atoms with E-state index in [1.807, 2.05) is 38.1 Å². The van der Waals surface area contributed by atoms with Crippen LogP contribution in [0.1, 0.15) is 23.1 Å². The van der Waals surface area contributed by atoms with E-state index in [2.05, 4.69) is 30.0 Å². The Balaban J connectivity index is 1.45. The number of carbonyl (C=O) groups excluding carboxylic acids is 1. The zero-order valence-electron chi connectivity index (χ0n) is 23.6. The van der Waals surface area contributed by atoms with Crippen molar-refractivity contribution in [3.8, 4) is 5.75 Å². The Morgan fingerprint density at radius 2 is 1.82 bits per heavy atom. The molecule has 10 heteroatoms. The van der Waals surface area contributed by atoms with Crippen molar-refractivity contribution in [3.05, 3.63) is 52.0 Å². The molecule has 2 aromatic rings. The minimum Gasteiger partial charge on any atom is -0.497 e. The van der Waals surface area contributed by atoms with Crippen LogP contribution >= 0.6 is 11.6 Å². The van der Waals surface area contributed by atoms with Crippen molar-refractivity contribution in [3.63, 3.8) is 0 Å². The van der Waals surface area contributed by atoms with Crippen LogP contribution in [-0.2, 0) is 27.1 Å². The molecule has 0 aromatic heterocycles. The molecule has 1 fully saturated rings. The average Bonchev–Trinajstić information content (AvgIpc) is 3.37. The molecule has 1 aliphatic rings. The molecule has 0 saturated carbocycles. The first kappa shape index (κ1) is 30.4. The third-order valence-corrected chi connectivity index (χ3v) is 9.13. The molecule has 1 saturated heterocycles. The van der Waals surface area contributed by atoms with Crippen LogP contribution in [0.2, 0.25) is 5.02 Å².